The van der Waals surface area contributed by atoms with Gasteiger partial charge in [-0.2, -0.15) is 18.1 Å². The van der Waals surface area contributed by atoms with Crippen LogP contribution < -0.4 is 0 Å². The Morgan fingerprint density at radius 2 is 1.86 bits per heavy atom. The number of hydrogen-bond acceptors (Lipinski definition) is 1. The van der Waals surface area contributed by atoms with Crippen LogP contribution in [0.1, 0.15) is 25.0 Å². The molecule has 0 spiro atoms. The second-order valence-corrected chi connectivity index (χ2v) is 3.10. The zero-order valence-corrected chi connectivity index (χ0v) is 11.8. The average Bonchev–Trinajstić information content (AvgIpc) is 2.21. The Labute approximate surface area is 101 Å². The number of nitrogens with zero attached hydrogens (tertiary/aromatic N) is 1. The second-order valence-electron chi connectivity index (χ2n) is 3.10. The molecule has 14 heavy (non-hydrogen) atoms. The molecule has 0 saturated heterocycles. The van der Waals surface area contributed by atoms with Gasteiger partial charge in [-0.1, -0.05) is 19.9 Å². The number of likely N-dealkylation sites (N-methyl/N-ethyl adjacent to an activating group) is 1. The average molecular weight is 362 g/mol. The molecule has 1 nitrogen and oxygen atoms in total. The van der Waals surface area contributed by atoms with E-state index < -0.39 is 0 Å². The van der Waals surface area contributed by atoms with Crippen LogP contribution in [0.4, 0.5) is 0 Å². The second kappa shape index (κ2) is 7.06. The molecule has 0 fully saturated rings. The van der Waals surface area contributed by atoms with Gasteiger partial charge in [0.1, 0.15) is 0 Å². The Morgan fingerprint density at radius 1 is 1.21 bits per heavy atom. The zero-order chi connectivity index (χ0) is 9.68. The Balaban J connectivity index is 0.000000531. The van der Waals surface area contributed by atoms with E-state index in [4.69, 9.17) is 0 Å². The van der Waals surface area contributed by atoms with Crippen LogP contribution in [-0.2, 0) is 27.0 Å². The van der Waals surface area contributed by atoms with Gasteiger partial charge in [0.05, 0.1) is 0 Å². The van der Waals surface area contributed by atoms with Gasteiger partial charge in [-0.25, -0.2) is 0 Å². The third-order valence-corrected chi connectivity index (χ3v) is 2.12. The van der Waals surface area contributed by atoms with Crippen LogP contribution in [0, 0.1) is 6.42 Å². The van der Waals surface area contributed by atoms with Gasteiger partial charge >= 0.3 is 0 Å². The third-order valence-electron chi connectivity index (χ3n) is 2.12. The van der Waals surface area contributed by atoms with E-state index in [1.807, 2.05) is 13.8 Å². The van der Waals surface area contributed by atoms with Crippen molar-refractivity contribution in [1.29, 1.82) is 0 Å². The monoisotopic (exact) mass is 363 g/mol. The quantitative estimate of drug-likeness (QED) is 0.642. The fourth-order valence-corrected chi connectivity index (χ4v) is 1.49. The molecule has 2 rings (SSSR count). The summed E-state index contributed by atoms with van der Waals surface area (Å²) in [5.74, 6) is 0. The van der Waals surface area contributed by atoms with Crippen molar-refractivity contribution in [1.82, 2.24) is 4.90 Å². The standard InChI is InChI=1S/C10H12N.C2H6.Re/c1-11-7-6-9-4-2-3-5-10(9)8-11;1-2;/h2-6H,7-8H2,1H3;1-2H3;/q-1;;. The van der Waals surface area contributed by atoms with Crippen LogP contribution in [0.3, 0.4) is 0 Å². The molecule has 0 atom stereocenters. The molecule has 0 amide bonds. The SMILES string of the molecule is CC.CN1C[CH-]c2ccccc2C1.[Re]. The molecule has 79 valence electrons. The summed E-state index contributed by atoms with van der Waals surface area (Å²) in [7, 11) is 2.15. The molecule has 0 bridgehead atoms. The van der Waals surface area contributed by atoms with E-state index in [0.29, 0.717) is 0 Å². The predicted octanol–water partition coefficient (Wildman–Crippen LogP) is 2.71. The van der Waals surface area contributed by atoms with Crippen LogP contribution in [0.15, 0.2) is 24.3 Å². The van der Waals surface area contributed by atoms with Gasteiger partial charge in [-0.05, 0) is 20.1 Å². The van der Waals surface area contributed by atoms with Gasteiger partial charge < -0.3 is 4.90 Å². The van der Waals surface area contributed by atoms with E-state index in [0.717, 1.165) is 13.1 Å². The Bertz CT molecular complexity index is 260. The van der Waals surface area contributed by atoms with E-state index in [9.17, 15) is 0 Å². The van der Waals surface area contributed by atoms with Crippen molar-refractivity contribution in [2.75, 3.05) is 13.6 Å². The summed E-state index contributed by atoms with van der Waals surface area (Å²) in [6.45, 7) is 6.17. The molecule has 0 unspecified atom stereocenters. The minimum Gasteiger partial charge on any atom is -0.321 e. The fraction of sp³-hybridized carbons (Fsp3) is 0.417. The van der Waals surface area contributed by atoms with Gasteiger partial charge in [0.25, 0.3) is 0 Å². The summed E-state index contributed by atoms with van der Waals surface area (Å²) >= 11 is 0. The minimum absolute atomic E-state index is 0. The smallest absolute Gasteiger partial charge is 0 e. The van der Waals surface area contributed by atoms with Crippen LogP contribution in [0.25, 0.3) is 0 Å². The van der Waals surface area contributed by atoms with Crippen LogP contribution in [0.5, 0.6) is 0 Å². The largest absolute Gasteiger partial charge is 0.321 e. The maximum atomic E-state index is 2.31. The van der Waals surface area contributed by atoms with Crippen molar-refractivity contribution in [3.05, 3.63) is 41.8 Å². The van der Waals surface area contributed by atoms with Crippen molar-refractivity contribution in [2.24, 2.45) is 0 Å². The first-order valence-corrected chi connectivity index (χ1v) is 4.96. The van der Waals surface area contributed by atoms with Crippen molar-refractivity contribution < 1.29 is 20.4 Å². The first kappa shape index (κ1) is 13.7. The van der Waals surface area contributed by atoms with E-state index in [1.165, 1.54) is 11.1 Å². The predicted molar refractivity (Wildman–Crippen MR) is 57.5 cm³/mol. The summed E-state index contributed by atoms with van der Waals surface area (Å²) in [5, 5.41) is 0. The van der Waals surface area contributed by atoms with Gasteiger partial charge in [0.15, 0.2) is 0 Å². The third kappa shape index (κ3) is 3.46. The minimum atomic E-state index is 0. The number of rotatable bonds is 0. The maximum absolute atomic E-state index is 2.31. The van der Waals surface area contributed by atoms with Gasteiger partial charge in [0.2, 0.25) is 0 Å². The molecule has 1 aliphatic rings. The van der Waals surface area contributed by atoms with Crippen LogP contribution in [-0.4, -0.2) is 18.5 Å². The van der Waals surface area contributed by atoms with Crippen LogP contribution >= 0.6 is 0 Å². The number of hydrogen-bond donors (Lipinski definition) is 0. The molecule has 1 radical (unpaired) electrons. The summed E-state index contributed by atoms with van der Waals surface area (Å²) in [6, 6.07) is 8.58. The molecule has 1 heterocycles. The molecule has 1 aliphatic heterocycles. The summed E-state index contributed by atoms with van der Waals surface area (Å²) in [5.41, 5.74) is 2.85. The summed E-state index contributed by atoms with van der Waals surface area (Å²) in [4.78, 5) is 2.31. The van der Waals surface area contributed by atoms with E-state index in [1.54, 1.807) is 0 Å². The number of fused-ring (bicyclic) bond motifs is 1. The van der Waals surface area contributed by atoms with Gasteiger partial charge in [0, 0.05) is 20.4 Å². The van der Waals surface area contributed by atoms with Crippen molar-refractivity contribution in [3.63, 3.8) is 0 Å². The maximum Gasteiger partial charge on any atom is 0 e. The van der Waals surface area contributed by atoms with E-state index in [2.05, 4.69) is 42.6 Å². The van der Waals surface area contributed by atoms with E-state index >= 15 is 0 Å². The van der Waals surface area contributed by atoms with Crippen LogP contribution in [0.2, 0.25) is 0 Å². The normalized spacial score (nSPS) is 13.9. The number of benzene rings is 1. The Hall–Kier alpha value is -0.288. The molecule has 0 aromatic heterocycles. The first-order valence-electron chi connectivity index (χ1n) is 4.96. The molecule has 0 N–H and O–H groups in total. The molecule has 0 aliphatic carbocycles. The molecule has 0 saturated carbocycles. The van der Waals surface area contributed by atoms with Crippen molar-refractivity contribution in [3.8, 4) is 0 Å². The fourth-order valence-electron chi connectivity index (χ4n) is 1.49. The van der Waals surface area contributed by atoms with Gasteiger partial charge in [-0.3, -0.25) is 0 Å². The summed E-state index contributed by atoms with van der Waals surface area (Å²) in [6.07, 6.45) is 2.28. The Morgan fingerprint density at radius 3 is 2.57 bits per heavy atom. The first-order chi connectivity index (χ1) is 6.36. The molecular formula is C12H18NRe-. The van der Waals surface area contributed by atoms with Crippen molar-refractivity contribution in [2.45, 2.75) is 20.4 Å². The molecule has 1 aromatic carbocycles. The van der Waals surface area contributed by atoms with Crippen molar-refractivity contribution >= 4 is 0 Å². The van der Waals surface area contributed by atoms with Gasteiger partial charge in [-0.15, -0.1) is 17.7 Å². The molecule has 2 heteroatoms. The van der Waals surface area contributed by atoms with E-state index in [-0.39, 0.29) is 20.4 Å². The Kier molecular flexibility index (Phi) is 6.92. The molecule has 1 aromatic rings. The summed E-state index contributed by atoms with van der Waals surface area (Å²) < 4.78 is 0. The topological polar surface area (TPSA) is 3.24 Å². The molecular weight excluding hydrogens is 344 g/mol. The zero-order valence-electron chi connectivity index (χ0n) is 9.13.